The lowest BCUT2D eigenvalue weighted by Gasteiger charge is -2.27. The van der Waals surface area contributed by atoms with Crippen molar-refractivity contribution in [1.82, 2.24) is 5.32 Å². The highest BCUT2D eigenvalue weighted by molar-refractivity contribution is 5.21. The first-order valence-corrected chi connectivity index (χ1v) is 7.27. The lowest BCUT2D eigenvalue weighted by Crippen LogP contribution is -2.40. The Kier molecular flexibility index (Phi) is 3.67. The van der Waals surface area contributed by atoms with Gasteiger partial charge in [0.1, 0.15) is 0 Å². The van der Waals surface area contributed by atoms with Crippen LogP contribution < -0.4 is 5.32 Å². The van der Waals surface area contributed by atoms with E-state index in [0.29, 0.717) is 18.2 Å². The highest BCUT2D eigenvalue weighted by Crippen LogP contribution is 2.41. The van der Waals surface area contributed by atoms with Crippen LogP contribution in [0, 0.1) is 5.92 Å². The van der Waals surface area contributed by atoms with Crippen molar-refractivity contribution in [2.45, 2.75) is 50.8 Å². The highest BCUT2D eigenvalue weighted by Gasteiger charge is 2.34. The van der Waals surface area contributed by atoms with Gasteiger partial charge in [0.15, 0.2) is 0 Å². The molecule has 0 spiro atoms. The molecular weight excluding hydrogens is 222 g/mol. The Morgan fingerprint density at radius 3 is 2.56 bits per heavy atom. The van der Waals surface area contributed by atoms with E-state index < -0.39 is 0 Å². The van der Waals surface area contributed by atoms with Gasteiger partial charge in [-0.05, 0) is 44.1 Å². The first-order chi connectivity index (χ1) is 8.84. The van der Waals surface area contributed by atoms with Gasteiger partial charge < -0.3 is 10.1 Å². The van der Waals surface area contributed by atoms with Crippen LogP contribution in [0.4, 0.5) is 0 Å². The van der Waals surface area contributed by atoms with Crippen LogP contribution >= 0.6 is 0 Å². The highest BCUT2D eigenvalue weighted by atomic mass is 16.5. The largest absolute Gasteiger partial charge is 0.377 e. The van der Waals surface area contributed by atoms with Gasteiger partial charge in [0, 0.05) is 18.7 Å². The molecule has 1 saturated heterocycles. The topological polar surface area (TPSA) is 21.3 Å². The fraction of sp³-hybridized carbons (Fsp3) is 0.625. The molecule has 2 heteroatoms. The van der Waals surface area contributed by atoms with Crippen LogP contribution in [0.25, 0.3) is 0 Å². The summed E-state index contributed by atoms with van der Waals surface area (Å²) in [7, 11) is 0. The van der Waals surface area contributed by atoms with Gasteiger partial charge in [-0.15, -0.1) is 0 Å². The van der Waals surface area contributed by atoms with Crippen LogP contribution in [0.15, 0.2) is 30.3 Å². The van der Waals surface area contributed by atoms with Crippen LogP contribution in [0.1, 0.15) is 44.2 Å². The molecule has 0 radical (unpaired) electrons. The number of benzene rings is 1. The molecule has 2 aliphatic rings. The lowest BCUT2D eigenvalue weighted by molar-refractivity contribution is 0.0785. The van der Waals surface area contributed by atoms with Crippen LogP contribution in [0.3, 0.4) is 0 Å². The maximum Gasteiger partial charge on any atom is 0.0726 e. The Morgan fingerprint density at radius 1 is 1.17 bits per heavy atom. The Bertz CT molecular complexity index is 368. The molecule has 3 atom stereocenters. The van der Waals surface area contributed by atoms with Crippen molar-refractivity contribution < 1.29 is 4.74 Å². The van der Waals surface area contributed by atoms with Crippen LogP contribution in [-0.4, -0.2) is 18.8 Å². The average Bonchev–Trinajstić information content (AvgIpc) is 3.10. The Hall–Kier alpha value is -0.860. The van der Waals surface area contributed by atoms with Gasteiger partial charge in [0.25, 0.3) is 0 Å². The summed E-state index contributed by atoms with van der Waals surface area (Å²) in [6.45, 7) is 3.21. The van der Waals surface area contributed by atoms with Gasteiger partial charge in [0.2, 0.25) is 0 Å². The Morgan fingerprint density at radius 2 is 1.94 bits per heavy atom. The molecule has 1 N–H and O–H groups in total. The second-order valence-corrected chi connectivity index (χ2v) is 5.73. The molecule has 0 aromatic heterocycles. The Balaban J connectivity index is 1.67. The number of ether oxygens (including phenoxy) is 1. The minimum Gasteiger partial charge on any atom is -0.377 e. The summed E-state index contributed by atoms with van der Waals surface area (Å²) in [6, 6.07) is 11.9. The van der Waals surface area contributed by atoms with Crippen molar-refractivity contribution in [3.05, 3.63) is 35.9 Å². The van der Waals surface area contributed by atoms with E-state index in [9.17, 15) is 0 Å². The summed E-state index contributed by atoms with van der Waals surface area (Å²) in [5, 5.41) is 3.81. The fourth-order valence-corrected chi connectivity index (χ4v) is 2.98. The van der Waals surface area contributed by atoms with Gasteiger partial charge in [-0.2, -0.15) is 0 Å². The zero-order valence-corrected chi connectivity index (χ0v) is 11.1. The van der Waals surface area contributed by atoms with Crippen molar-refractivity contribution in [3.8, 4) is 0 Å². The van der Waals surface area contributed by atoms with E-state index >= 15 is 0 Å². The number of rotatable bonds is 5. The molecule has 98 valence electrons. The molecule has 1 saturated carbocycles. The van der Waals surface area contributed by atoms with Gasteiger partial charge >= 0.3 is 0 Å². The van der Waals surface area contributed by atoms with Crippen LogP contribution in [0.2, 0.25) is 0 Å². The number of nitrogens with one attached hydrogen (secondary N) is 1. The third kappa shape index (κ3) is 2.76. The van der Waals surface area contributed by atoms with Crippen molar-refractivity contribution >= 4 is 0 Å². The van der Waals surface area contributed by atoms with E-state index in [4.69, 9.17) is 4.74 Å². The standard InChI is InChI=1S/C16H23NO/c1-12(15-8-5-11-18-15)17-16(14-9-10-14)13-6-3-2-4-7-13/h2-4,6-7,12,14-17H,5,8-11H2,1H3. The second kappa shape index (κ2) is 5.41. The molecule has 1 aromatic carbocycles. The first kappa shape index (κ1) is 12.2. The van der Waals surface area contributed by atoms with E-state index in [1.807, 2.05) is 0 Å². The minimum absolute atomic E-state index is 0.412. The molecule has 1 aliphatic carbocycles. The molecule has 0 amide bonds. The zero-order valence-electron chi connectivity index (χ0n) is 11.1. The molecule has 1 aliphatic heterocycles. The molecular formula is C16H23NO. The third-order valence-electron chi connectivity index (χ3n) is 4.22. The predicted octanol–water partition coefficient (Wildman–Crippen LogP) is 3.29. The molecule has 18 heavy (non-hydrogen) atoms. The van der Waals surface area contributed by atoms with Crippen molar-refractivity contribution in [1.29, 1.82) is 0 Å². The monoisotopic (exact) mass is 245 g/mol. The molecule has 1 aromatic rings. The zero-order chi connectivity index (χ0) is 12.4. The molecule has 2 nitrogen and oxygen atoms in total. The molecule has 0 bridgehead atoms. The quantitative estimate of drug-likeness (QED) is 0.859. The van der Waals surface area contributed by atoms with Crippen LogP contribution in [0.5, 0.6) is 0 Å². The molecule has 1 heterocycles. The maximum absolute atomic E-state index is 5.79. The van der Waals surface area contributed by atoms with Gasteiger partial charge in [-0.3, -0.25) is 0 Å². The summed E-state index contributed by atoms with van der Waals surface area (Å²) in [4.78, 5) is 0. The Labute approximate surface area is 110 Å². The van der Waals surface area contributed by atoms with Gasteiger partial charge in [0.05, 0.1) is 6.10 Å². The van der Waals surface area contributed by atoms with E-state index in [1.165, 1.54) is 31.2 Å². The fourth-order valence-electron chi connectivity index (χ4n) is 2.98. The average molecular weight is 245 g/mol. The van der Waals surface area contributed by atoms with E-state index in [1.54, 1.807) is 0 Å². The number of hydrogen-bond acceptors (Lipinski definition) is 2. The summed E-state index contributed by atoms with van der Waals surface area (Å²) in [6.07, 6.45) is 5.57. The molecule has 3 unspecified atom stereocenters. The minimum atomic E-state index is 0.412. The van der Waals surface area contributed by atoms with E-state index in [-0.39, 0.29) is 0 Å². The first-order valence-electron chi connectivity index (χ1n) is 7.27. The third-order valence-corrected chi connectivity index (χ3v) is 4.22. The van der Waals surface area contributed by atoms with Gasteiger partial charge in [-0.25, -0.2) is 0 Å². The summed E-state index contributed by atoms with van der Waals surface area (Å²) in [5.41, 5.74) is 1.44. The van der Waals surface area contributed by atoms with Gasteiger partial charge in [-0.1, -0.05) is 30.3 Å². The van der Waals surface area contributed by atoms with Crippen molar-refractivity contribution in [2.75, 3.05) is 6.61 Å². The van der Waals surface area contributed by atoms with Crippen molar-refractivity contribution in [2.24, 2.45) is 5.92 Å². The summed E-state index contributed by atoms with van der Waals surface area (Å²) in [5.74, 6) is 0.830. The molecule has 3 rings (SSSR count). The van der Waals surface area contributed by atoms with E-state index in [0.717, 1.165) is 12.5 Å². The molecule has 2 fully saturated rings. The lowest BCUT2D eigenvalue weighted by atomic mass is 10.00. The van der Waals surface area contributed by atoms with Crippen LogP contribution in [-0.2, 0) is 4.74 Å². The normalized spacial score (nSPS) is 27.1. The van der Waals surface area contributed by atoms with Crippen molar-refractivity contribution in [3.63, 3.8) is 0 Å². The predicted molar refractivity (Wildman–Crippen MR) is 73.5 cm³/mol. The summed E-state index contributed by atoms with van der Waals surface area (Å²) >= 11 is 0. The van der Waals surface area contributed by atoms with E-state index in [2.05, 4.69) is 42.6 Å². The smallest absolute Gasteiger partial charge is 0.0726 e. The second-order valence-electron chi connectivity index (χ2n) is 5.73. The summed E-state index contributed by atoms with van der Waals surface area (Å²) < 4.78 is 5.79. The SMILES string of the molecule is CC(NC(c1ccccc1)C1CC1)C1CCCO1. The number of hydrogen-bond donors (Lipinski definition) is 1. The maximum atomic E-state index is 5.79.